The van der Waals surface area contributed by atoms with Crippen LogP contribution in [0.5, 0.6) is 0 Å². The van der Waals surface area contributed by atoms with E-state index in [-0.39, 0.29) is 0 Å². The van der Waals surface area contributed by atoms with Crippen molar-refractivity contribution in [3.63, 3.8) is 0 Å². The van der Waals surface area contributed by atoms with E-state index in [1.807, 2.05) is 12.1 Å². The van der Waals surface area contributed by atoms with Crippen molar-refractivity contribution in [2.45, 2.75) is 26.8 Å². The van der Waals surface area contributed by atoms with Gasteiger partial charge in [-0.2, -0.15) is 0 Å². The molecule has 0 aliphatic heterocycles. The van der Waals surface area contributed by atoms with Gasteiger partial charge in [-0.25, -0.2) is 0 Å². The lowest BCUT2D eigenvalue weighted by Crippen LogP contribution is -2.30. The first-order chi connectivity index (χ1) is 6.56. The molecule has 3 heteroatoms. The molecule has 0 unspecified atom stereocenters. The SMILES string of the molecule is CCN(c1ccc(Br)cc1N)C(C)C. The molecular formula is C11H17BrN2. The minimum atomic E-state index is 0.475. The van der Waals surface area contributed by atoms with Crippen LogP contribution in [-0.4, -0.2) is 12.6 Å². The maximum absolute atomic E-state index is 5.96. The molecule has 1 aromatic rings. The standard InChI is InChI=1S/C11H17BrN2/c1-4-14(8(2)3)11-6-5-9(12)7-10(11)13/h5-8H,4,13H2,1-3H3. The van der Waals surface area contributed by atoms with Crippen LogP contribution in [0.15, 0.2) is 22.7 Å². The van der Waals surface area contributed by atoms with Crippen molar-refractivity contribution in [2.24, 2.45) is 0 Å². The van der Waals surface area contributed by atoms with Gasteiger partial charge in [0.2, 0.25) is 0 Å². The Balaban J connectivity index is 3.04. The Morgan fingerprint density at radius 2 is 2.07 bits per heavy atom. The highest BCUT2D eigenvalue weighted by Crippen LogP contribution is 2.27. The summed E-state index contributed by atoms with van der Waals surface area (Å²) < 4.78 is 1.03. The zero-order chi connectivity index (χ0) is 10.7. The van der Waals surface area contributed by atoms with Gasteiger partial charge in [0.1, 0.15) is 0 Å². The first kappa shape index (κ1) is 11.4. The van der Waals surface area contributed by atoms with Crippen molar-refractivity contribution in [1.82, 2.24) is 0 Å². The number of hydrogen-bond acceptors (Lipinski definition) is 2. The van der Waals surface area contributed by atoms with E-state index >= 15 is 0 Å². The van der Waals surface area contributed by atoms with Crippen LogP contribution in [0.2, 0.25) is 0 Å². The number of hydrogen-bond donors (Lipinski definition) is 1. The molecular weight excluding hydrogens is 240 g/mol. The van der Waals surface area contributed by atoms with Crippen molar-refractivity contribution in [3.05, 3.63) is 22.7 Å². The van der Waals surface area contributed by atoms with E-state index < -0.39 is 0 Å². The quantitative estimate of drug-likeness (QED) is 0.842. The summed E-state index contributed by atoms with van der Waals surface area (Å²) in [5, 5.41) is 0. The summed E-state index contributed by atoms with van der Waals surface area (Å²) in [5.74, 6) is 0. The van der Waals surface area contributed by atoms with Crippen molar-refractivity contribution in [1.29, 1.82) is 0 Å². The van der Waals surface area contributed by atoms with E-state index in [0.29, 0.717) is 6.04 Å². The third kappa shape index (κ3) is 2.41. The van der Waals surface area contributed by atoms with Gasteiger partial charge in [-0.05, 0) is 39.0 Å². The lowest BCUT2D eigenvalue weighted by atomic mass is 10.2. The molecule has 0 saturated carbocycles. The fourth-order valence-electron chi connectivity index (χ4n) is 1.60. The Morgan fingerprint density at radius 3 is 2.50 bits per heavy atom. The summed E-state index contributed by atoms with van der Waals surface area (Å²) in [6.07, 6.45) is 0. The van der Waals surface area contributed by atoms with Crippen LogP contribution in [0, 0.1) is 0 Å². The van der Waals surface area contributed by atoms with Gasteiger partial charge in [-0.15, -0.1) is 0 Å². The number of nitrogens with two attached hydrogens (primary N) is 1. The smallest absolute Gasteiger partial charge is 0.0602 e. The minimum absolute atomic E-state index is 0.475. The van der Waals surface area contributed by atoms with Gasteiger partial charge in [0.05, 0.1) is 11.4 Å². The van der Waals surface area contributed by atoms with Gasteiger partial charge in [0.15, 0.2) is 0 Å². The molecule has 1 aromatic carbocycles. The average Bonchev–Trinajstić information content (AvgIpc) is 2.09. The van der Waals surface area contributed by atoms with Crippen LogP contribution < -0.4 is 10.6 Å². The second-order valence-electron chi connectivity index (χ2n) is 3.58. The van der Waals surface area contributed by atoms with Crippen molar-refractivity contribution in [2.75, 3.05) is 17.2 Å². The predicted octanol–water partition coefficient (Wildman–Crippen LogP) is 3.27. The Bertz CT molecular complexity index is 310. The largest absolute Gasteiger partial charge is 0.397 e. The van der Waals surface area contributed by atoms with E-state index in [1.54, 1.807) is 0 Å². The van der Waals surface area contributed by atoms with E-state index in [1.165, 1.54) is 0 Å². The minimum Gasteiger partial charge on any atom is -0.397 e. The van der Waals surface area contributed by atoms with Crippen LogP contribution in [0.1, 0.15) is 20.8 Å². The summed E-state index contributed by atoms with van der Waals surface area (Å²) in [6, 6.07) is 6.50. The molecule has 78 valence electrons. The molecule has 0 bridgehead atoms. The van der Waals surface area contributed by atoms with Gasteiger partial charge >= 0.3 is 0 Å². The Kier molecular flexibility index (Phi) is 3.81. The Hall–Kier alpha value is -0.700. The first-order valence-electron chi connectivity index (χ1n) is 4.88. The highest BCUT2D eigenvalue weighted by atomic mass is 79.9. The van der Waals surface area contributed by atoms with Crippen molar-refractivity contribution in [3.8, 4) is 0 Å². The summed E-state index contributed by atoms with van der Waals surface area (Å²) in [6.45, 7) is 7.46. The first-order valence-corrected chi connectivity index (χ1v) is 5.67. The molecule has 0 radical (unpaired) electrons. The summed E-state index contributed by atoms with van der Waals surface area (Å²) >= 11 is 3.41. The normalized spacial score (nSPS) is 10.6. The van der Waals surface area contributed by atoms with Gasteiger partial charge in [0.25, 0.3) is 0 Å². The highest BCUT2D eigenvalue weighted by molar-refractivity contribution is 9.10. The van der Waals surface area contributed by atoms with E-state index in [9.17, 15) is 0 Å². The number of rotatable bonds is 3. The van der Waals surface area contributed by atoms with Crippen molar-refractivity contribution < 1.29 is 0 Å². The number of nitrogen functional groups attached to an aromatic ring is 1. The monoisotopic (exact) mass is 256 g/mol. The van der Waals surface area contributed by atoms with Gasteiger partial charge in [-0.3, -0.25) is 0 Å². The van der Waals surface area contributed by atoms with Crippen LogP contribution in [0.4, 0.5) is 11.4 Å². The van der Waals surface area contributed by atoms with Crippen LogP contribution in [0.3, 0.4) is 0 Å². The average molecular weight is 257 g/mol. The third-order valence-corrected chi connectivity index (χ3v) is 2.76. The van der Waals surface area contributed by atoms with Gasteiger partial charge in [0, 0.05) is 17.1 Å². The molecule has 0 spiro atoms. The second-order valence-corrected chi connectivity index (χ2v) is 4.50. The summed E-state index contributed by atoms with van der Waals surface area (Å²) in [4.78, 5) is 2.28. The molecule has 0 heterocycles. The topological polar surface area (TPSA) is 29.3 Å². The summed E-state index contributed by atoms with van der Waals surface area (Å²) in [7, 11) is 0. The molecule has 0 aliphatic rings. The zero-order valence-electron chi connectivity index (χ0n) is 8.92. The van der Waals surface area contributed by atoms with E-state index in [4.69, 9.17) is 5.73 Å². The molecule has 2 N–H and O–H groups in total. The molecule has 2 nitrogen and oxygen atoms in total. The van der Waals surface area contributed by atoms with E-state index in [0.717, 1.165) is 22.4 Å². The molecule has 0 aliphatic carbocycles. The number of anilines is 2. The summed E-state index contributed by atoms with van der Waals surface area (Å²) in [5.41, 5.74) is 7.91. The Morgan fingerprint density at radius 1 is 1.43 bits per heavy atom. The predicted molar refractivity (Wildman–Crippen MR) is 66.7 cm³/mol. The molecule has 1 rings (SSSR count). The number of nitrogens with zero attached hydrogens (tertiary/aromatic N) is 1. The lowest BCUT2D eigenvalue weighted by Gasteiger charge is -2.28. The number of benzene rings is 1. The molecule has 0 amide bonds. The Labute approximate surface area is 94.2 Å². The fraction of sp³-hybridized carbons (Fsp3) is 0.455. The molecule has 0 fully saturated rings. The third-order valence-electron chi connectivity index (χ3n) is 2.26. The molecule has 0 saturated heterocycles. The van der Waals surface area contributed by atoms with E-state index in [2.05, 4.69) is 47.7 Å². The zero-order valence-corrected chi connectivity index (χ0v) is 10.5. The molecule has 0 aromatic heterocycles. The second kappa shape index (κ2) is 4.69. The lowest BCUT2D eigenvalue weighted by molar-refractivity contribution is 0.705. The highest BCUT2D eigenvalue weighted by Gasteiger charge is 2.10. The van der Waals surface area contributed by atoms with Crippen LogP contribution in [0.25, 0.3) is 0 Å². The fourth-order valence-corrected chi connectivity index (χ4v) is 1.98. The van der Waals surface area contributed by atoms with Crippen LogP contribution >= 0.6 is 15.9 Å². The molecule has 0 atom stereocenters. The maximum atomic E-state index is 5.96. The van der Waals surface area contributed by atoms with Crippen molar-refractivity contribution >= 4 is 27.3 Å². The van der Waals surface area contributed by atoms with Gasteiger partial charge in [-0.1, -0.05) is 15.9 Å². The van der Waals surface area contributed by atoms with Crippen LogP contribution in [-0.2, 0) is 0 Å². The maximum Gasteiger partial charge on any atom is 0.0602 e. The van der Waals surface area contributed by atoms with Gasteiger partial charge < -0.3 is 10.6 Å². The molecule has 14 heavy (non-hydrogen) atoms. The number of halogens is 1.